The molecule has 0 amide bonds. The van der Waals surface area contributed by atoms with Gasteiger partial charge in [-0.3, -0.25) is 0 Å². The average Bonchev–Trinajstić information content (AvgIpc) is 2.24. The highest BCUT2D eigenvalue weighted by Gasteiger charge is 2.14. The fourth-order valence-corrected chi connectivity index (χ4v) is 2.10. The Bertz CT molecular complexity index is 335. The number of para-hydroxylation sites is 1. The van der Waals surface area contributed by atoms with E-state index in [4.69, 9.17) is 22.1 Å². The van der Waals surface area contributed by atoms with Gasteiger partial charge in [0.1, 0.15) is 0 Å². The zero-order valence-corrected chi connectivity index (χ0v) is 11.5. The third-order valence-electron chi connectivity index (χ3n) is 2.49. The minimum absolute atomic E-state index is 0.544. The lowest BCUT2D eigenvalue weighted by Crippen LogP contribution is -2.31. The van der Waals surface area contributed by atoms with Gasteiger partial charge in [0.2, 0.25) is 0 Å². The minimum Gasteiger partial charge on any atom is -0.397 e. The number of halogens is 1. The Morgan fingerprint density at radius 1 is 1.41 bits per heavy atom. The van der Waals surface area contributed by atoms with Crippen molar-refractivity contribution in [2.24, 2.45) is 5.92 Å². The Balaban J connectivity index is 2.94. The first-order valence-corrected chi connectivity index (χ1v) is 6.22. The lowest BCUT2D eigenvalue weighted by Gasteiger charge is -2.28. The molecule has 4 heteroatoms. The van der Waals surface area contributed by atoms with Crippen LogP contribution in [0.25, 0.3) is 0 Å². The first kappa shape index (κ1) is 14.1. The minimum atomic E-state index is 0.544. The van der Waals surface area contributed by atoms with E-state index in [0.29, 0.717) is 23.2 Å². The summed E-state index contributed by atoms with van der Waals surface area (Å²) in [4.78, 5) is 2.19. The van der Waals surface area contributed by atoms with Crippen LogP contribution >= 0.6 is 11.6 Å². The van der Waals surface area contributed by atoms with Crippen molar-refractivity contribution in [2.45, 2.75) is 13.8 Å². The molecule has 0 heterocycles. The monoisotopic (exact) mass is 256 g/mol. The summed E-state index contributed by atoms with van der Waals surface area (Å²) in [5.41, 5.74) is 7.64. The molecule has 1 aromatic carbocycles. The summed E-state index contributed by atoms with van der Waals surface area (Å²) in [5, 5.41) is 0.696. The largest absolute Gasteiger partial charge is 0.397 e. The van der Waals surface area contributed by atoms with Crippen LogP contribution in [0.4, 0.5) is 11.4 Å². The molecule has 0 aliphatic carbocycles. The molecule has 0 saturated carbocycles. The van der Waals surface area contributed by atoms with Gasteiger partial charge < -0.3 is 15.4 Å². The van der Waals surface area contributed by atoms with Crippen molar-refractivity contribution in [1.29, 1.82) is 0 Å². The predicted molar refractivity (Wildman–Crippen MR) is 74.8 cm³/mol. The maximum atomic E-state index is 6.22. The Hall–Kier alpha value is -0.930. The molecule has 0 radical (unpaired) electrons. The molecule has 0 aliphatic rings. The van der Waals surface area contributed by atoms with Crippen LogP contribution in [-0.2, 0) is 4.74 Å². The van der Waals surface area contributed by atoms with E-state index in [1.165, 1.54) is 0 Å². The molecule has 0 saturated heterocycles. The van der Waals surface area contributed by atoms with Crippen LogP contribution in [0.5, 0.6) is 0 Å². The number of benzene rings is 1. The van der Waals surface area contributed by atoms with E-state index in [1.54, 1.807) is 7.11 Å². The highest BCUT2D eigenvalue weighted by molar-refractivity contribution is 6.34. The maximum absolute atomic E-state index is 6.22. The van der Waals surface area contributed by atoms with Crippen molar-refractivity contribution >= 4 is 23.0 Å². The van der Waals surface area contributed by atoms with E-state index in [1.807, 2.05) is 18.2 Å². The number of nitrogen functional groups attached to an aromatic ring is 1. The molecule has 0 aromatic heterocycles. The summed E-state index contributed by atoms with van der Waals surface area (Å²) < 4.78 is 5.13. The molecule has 3 nitrogen and oxygen atoms in total. The smallest absolute Gasteiger partial charge is 0.0790 e. The molecule has 0 bridgehead atoms. The number of nitrogens with two attached hydrogens (primary N) is 1. The fraction of sp³-hybridized carbons (Fsp3) is 0.538. The number of ether oxygens (including phenoxy) is 1. The molecule has 1 rings (SSSR count). The third kappa shape index (κ3) is 4.10. The van der Waals surface area contributed by atoms with Crippen LogP contribution in [0, 0.1) is 5.92 Å². The molecule has 0 spiro atoms. The number of nitrogens with zero attached hydrogens (tertiary/aromatic N) is 1. The van der Waals surface area contributed by atoms with Gasteiger partial charge in [0, 0.05) is 20.2 Å². The average molecular weight is 257 g/mol. The molecule has 2 N–H and O–H groups in total. The summed E-state index contributed by atoms with van der Waals surface area (Å²) in [6.07, 6.45) is 0. The van der Waals surface area contributed by atoms with Crippen LogP contribution < -0.4 is 10.6 Å². The highest BCUT2D eigenvalue weighted by atomic mass is 35.5. The van der Waals surface area contributed by atoms with E-state index < -0.39 is 0 Å². The SMILES string of the molecule is COCCN(CC(C)C)c1c(N)cccc1Cl. The number of hydrogen-bond donors (Lipinski definition) is 1. The van der Waals surface area contributed by atoms with Gasteiger partial charge in [-0.25, -0.2) is 0 Å². The second-order valence-electron chi connectivity index (χ2n) is 4.51. The van der Waals surface area contributed by atoms with E-state index in [9.17, 15) is 0 Å². The molecule has 17 heavy (non-hydrogen) atoms. The summed E-state index contributed by atoms with van der Waals surface area (Å²) in [6, 6.07) is 5.61. The molecule has 0 aliphatic heterocycles. The Morgan fingerprint density at radius 3 is 2.65 bits per heavy atom. The Labute approximate surface area is 109 Å². The van der Waals surface area contributed by atoms with Gasteiger partial charge in [-0.2, -0.15) is 0 Å². The molecule has 1 aromatic rings. The van der Waals surface area contributed by atoms with Crippen LogP contribution in [0.2, 0.25) is 5.02 Å². The maximum Gasteiger partial charge on any atom is 0.0790 e. The Morgan fingerprint density at radius 2 is 2.12 bits per heavy atom. The summed E-state index contributed by atoms with van der Waals surface area (Å²) in [6.45, 7) is 6.72. The van der Waals surface area contributed by atoms with Crippen molar-refractivity contribution in [2.75, 3.05) is 37.4 Å². The highest BCUT2D eigenvalue weighted by Crippen LogP contribution is 2.32. The van der Waals surface area contributed by atoms with E-state index in [0.717, 1.165) is 18.8 Å². The summed E-state index contributed by atoms with van der Waals surface area (Å²) >= 11 is 6.22. The first-order chi connectivity index (χ1) is 8.06. The number of anilines is 2. The van der Waals surface area contributed by atoms with Crippen molar-refractivity contribution in [3.8, 4) is 0 Å². The molecular weight excluding hydrogens is 236 g/mol. The third-order valence-corrected chi connectivity index (χ3v) is 2.79. The quantitative estimate of drug-likeness (QED) is 0.795. The lowest BCUT2D eigenvalue weighted by molar-refractivity contribution is 0.204. The van der Waals surface area contributed by atoms with E-state index >= 15 is 0 Å². The predicted octanol–water partition coefficient (Wildman–Crippen LogP) is 3.03. The van der Waals surface area contributed by atoms with Crippen LogP contribution in [0.15, 0.2) is 18.2 Å². The van der Waals surface area contributed by atoms with E-state index in [-0.39, 0.29) is 0 Å². The van der Waals surface area contributed by atoms with Crippen molar-refractivity contribution in [1.82, 2.24) is 0 Å². The fourth-order valence-electron chi connectivity index (χ4n) is 1.80. The van der Waals surface area contributed by atoms with Crippen molar-refractivity contribution < 1.29 is 4.74 Å². The number of hydrogen-bond acceptors (Lipinski definition) is 3. The van der Waals surface area contributed by atoms with Crippen LogP contribution in [0.1, 0.15) is 13.8 Å². The topological polar surface area (TPSA) is 38.5 Å². The summed E-state index contributed by atoms with van der Waals surface area (Å²) in [7, 11) is 1.70. The molecular formula is C13H21ClN2O. The second-order valence-corrected chi connectivity index (χ2v) is 4.92. The van der Waals surface area contributed by atoms with Crippen molar-refractivity contribution in [3.05, 3.63) is 23.2 Å². The summed E-state index contributed by atoms with van der Waals surface area (Å²) in [5.74, 6) is 0.544. The van der Waals surface area contributed by atoms with Gasteiger partial charge in [-0.05, 0) is 18.1 Å². The van der Waals surface area contributed by atoms with Crippen molar-refractivity contribution in [3.63, 3.8) is 0 Å². The van der Waals surface area contributed by atoms with Gasteiger partial charge in [0.25, 0.3) is 0 Å². The van der Waals surface area contributed by atoms with Gasteiger partial charge >= 0.3 is 0 Å². The molecule has 0 atom stereocenters. The lowest BCUT2D eigenvalue weighted by atomic mass is 10.1. The molecule has 0 unspecified atom stereocenters. The Kier molecular flexibility index (Phi) is 5.59. The van der Waals surface area contributed by atoms with Crippen LogP contribution in [-0.4, -0.2) is 26.8 Å². The van der Waals surface area contributed by atoms with Gasteiger partial charge in [-0.1, -0.05) is 31.5 Å². The number of methoxy groups -OCH3 is 1. The van der Waals surface area contributed by atoms with Gasteiger partial charge in [-0.15, -0.1) is 0 Å². The van der Waals surface area contributed by atoms with Crippen LogP contribution in [0.3, 0.4) is 0 Å². The molecule has 0 fully saturated rings. The van der Waals surface area contributed by atoms with E-state index in [2.05, 4.69) is 18.7 Å². The zero-order valence-electron chi connectivity index (χ0n) is 10.7. The normalized spacial score (nSPS) is 10.9. The number of rotatable bonds is 6. The zero-order chi connectivity index (χ0) is 12.8. The van der Waals surface area contributed by atoms with Gasteiger partial charge in [0.15, 0.2) is 0 Å². The standard InChI is InChI=1S/C13H21ClN2O/c1-10(2)9-16(7-8-17-3)13-11(14)5-4-6-12(13)15/h4-6,10H,7-9,15H2,1-3H3. The van der Waals surface area contributed by atoms with Gasteiger partial charge in [0.05, 0.1) is 23.0 Å². The second kappa shape index (κ2) is 6.72. The first-order valence-electron chi connectivity index (χ1n) is 5.84. The molecule has 96 valence electrons.